The van der Waals surface area contributed by atoms with E-state index in [9.17, 15) is 9.59 Å². The van der Waals surface area contributed by atoms with Gasteiger partial charge in [-0.3, -0.25) is 9.59 Å². The van der Waals surface area contributed by atoms with Crippen molar-refractivity contribution in [2.45, 2.75) is 18.8 Å². The molecule has 1 aromatic heterocycles. The first kappa shape index (κ1) is 22.7. The average Bonchev–Trinajstić information content (AvgIpc) is 2.87. The molecule has 1 aliphatic carbocycles. The Hall–Kier alpha value is -4.04. The maximum Gasteiger partial charge on any atom is 0.223 e. The van der Waals surface area contributed by atoms with E-state index in [4.69, 9.17) is 9.47 Å². The molecule has 0 spiro atoms. The molecule has 0 unspecified atom stereocenters. The standard InChI is InChI=1S/C27H26N4O4/c1-31-10-8-17(9-11-31)19-12-21-20(13-25(19)34-2)27(29-16-28-21)30-22-14-24(33)26(15-23(22)32)35-18-6-4-3-5-7-18/h3-7,12-17H,8-11H2,1-2H3,(H,28,29,30). The molecular formula is C27H26N4O4. The number of rotatable bonds is 6. The van der Waals surface area contributed by atoms with Gasteiger partial charge in [-0.1, -0.05) is 18.2 Å². The molecule has 0 amide bonds. The fourth-order valence-electron chi connectivity index (χ4n) is 4.48. The number of nitrogens with zero attached hydrogens (tertiary/aromatic N) is 3. The second-order valence-electron chi connectivity index (χ2n) is 8.75. The lowest BCUT2D eigenvalue weighted by Gasteiger charge is -2.30. The number of nitrogens with one attached hydrogen (secondary N) is 1. The largest absolute Gasteiger partial charge is 0.496 e. The van der Waals surface area contributed by atoms with E-state index in [-0.39, 0.29) is 17.2 Å². The fraction of sp³-hybridized carbons (Fsp3) is 0.259. The summed E-state index contributed by atoms with van der Waals surface area (Å²) < 4.78 is 11.3. The highest BCUT2D eigenvalue weighted by Gasteiger charge is 2.25. The van der Waals surface area contributed by atoms with Gasteiger partial charge in [0.05, 0.1) is 18.3 Å². The van der Waals surface area contributed by atoms with Gasteiger partial charge in [0.15, 0.2) is 5.76 Å². The average molecular weight is 471 g/mol. The lowest BCUT2D eigenvalue weighted by molar-refractivity contribution is -0.116. The topological polar surface area (TPSA) is 93.6 Å². The van der Waals surface area contributed by atoms with Crippen molar-refractivity contribution in [1.29, 1.82) is 0 Å². The molecule has 2 aliphatic rings. The molecule has 1 saturated heterocycles. The van der Waals surface area contributed by atoms with Crippen LogP contribution in [-0.4, -0.2) is 53.7 Å². The highest BCUT2D eigenvalue weighted by molar-refractivity contribution is 6.20. The van der Waals surface area contributed by atoms with Crippen molar-refractivity contribution in [1.82, 2.24) is 14.9 Å². The minimum atomic E-state index is -0.406. The number of hydrogen-bond acceptors (Lipinski definition) is 8. The Bertz CT molecular complexity index is 1340. The second-order valence-corrected chi connectivity index (χ2v) is 8.75. The number of aromatic nitrogens is 2. The van der Waals surface area contributed by atoms with Crippen molar-refractivity contribution in [3.8, 4) is 11.5 Å². The van der Waals surface area contributed by atoms with E-state index >= 15 is 0 Å². The summed E-state index contributed by atoms with van der Waals surface area (Å²) in [4.78, 5) is 36.5. The van der Waals surface area contributed by atoms with Crippen LogP contribution in [0.2, 0.25) is 0 Å². The molecule has 35 heavy (non-hydrogen) atoms. The maximum atomic E-state index is 12.8. The highest BCUT2D eigenvalue weighted by atomic mass is 16.5. The number of benzene rings is 2. The Kier molecular flexibility index (Phi) is 6.29. The Morgan fingerprint density at radius 2 is 1.77 bits per heavy atom. The Balaban J connectivity index is 1.41. The number of anilines is 1. The van der Waals surface area contributed by atoms with Gasteiger partial charge in [-0.05, 0) is 68.7 Å². The number of likely N-dealkylation sites (tertiary alicyclic amines) is 1. The minimum absolute atomic E-state index is 0.0243. The van der Waals surface area contributed by atoms with Crippen molar-refractivity contribution in [3.63, 3.8) is 0 Å². The molecule has 0 radical (unpaired) electrons. The van der Waals surface area contributed by atoms with Crippen molar-refractivity contribution in [2.75, 3.05) is 32.6 Å². The summed E-state index contributed by atoms with van der Waals surface area (Å²) in [6.45, 7) is 2.08. The third-order valence-corrected chi connectivity index (χ3v) is 6.42. The van der Waals surface area contributed by atoms with Crippen LogP contribution in [0, 0.1) is 0 Å². The van der Waals surface area contributed by atoms with E-state index in [0.717, 1.165) is 42.8 Å². The smallest absolute Gasteiger partial charge is 0.223 e. The number of carbonyl (C=O) groups excluding carboxylic acids is 2. The summed E-state index contributed by atoms with van der Waals surface area (Å²) in [6, 6.07) is 12.8. The molecule has 178 valence electrons. The zero-order valence-corrected chi connectivity index (χ0v) is 19.7. The first-order valence-electron chi connectivity index (χ1n) is 11.5. The lowest BCUT2D eigenvalue weighted by atomic mass is 9.88. The van der Waals surface area contributed by atoms with Gasteiger partial charge < -0.3 is 19.7 Å². The summed E-state index contributed by atoms with van der Waals surface area (Å²) in [5.41, 5.74) is 2.00. The van der Waals surface area contributed by atoms with Crippen molar-refractivity contribution in [3.05, 3.63) is 78.0 Å². The summed E-state index contributed by atoms with van der Waals surface area (Å²) in [6.07, 6.45) is 5.99. The van der Waals surface area contributed by atoms with Gasteiger partial charge in [-0.15, -0.1) is 0 Å². The number of piperidine rings is 1. The van der Waals surface area contributed by atoms with E-state index in [1.165, 1.54) is 18.5 Å². The third-order valence-electron chi connectivity index (χ3n) is 6.42. The van der Waals surface area contributed by atoms with Crippen LogP contribution >= 0.6 is 0 Å². The molecule has 0 bridgehead atoms. The Morgan fingerprint density at radius 3 is 2.51 bits per heavy atom. The number of para-hydroxylation sites is 1. The third kappa shape index (κ3) is 4.79. The van der Waals surface area contributed by atoms with Crippen LogP contribution in [0.4, 0.5) is 5.82 Å². The van der Waals surface area contributed by atoms with E-state index in [1.807, 2.05) is 18.2 Å². The van der Waals surface area contributed by atoms with Gasteiger partial charge >= 0.3 is 0 Å². The maximum absolute atomic E-state index is 12.8. The predicted molar refractivity (Wildman–Crippen MR) is 132 cm³/mol. The number of allylic oxidation sites excluding steroid dienone is 2. The van der Waals surface area contributed by atoms with Gasteiger partial charge in [-0.25, -0.2) is 9.97 Å². The molecule has 2 aromatic carbocycles. The number of hydrogen-bond donors (Lipinski definition) is 1. The molecule has 0 saturated carbocycles. The van der Waals surface area contributed by atoms with E-state index in [2.05, 4.69) is 27.2 Å². The SMILES string of the molecule is COc1cc2c(NC3=CC(=O)C(Oc4ccccc4)=CC3=O)ncnc2cc1C1CCN(C)CC1. The van der Waals surface area contributed by atoms with Crippen LogP contribution in [-0.2, 0) is 9.59 Å². The molecule has 5 rings (SSSR count). The van der Waals surface area contributed by atoms with E-state index in [1.54, 1.807) is 31.4 Å². The monoisotopic (exact) mass is 470 g/mol. The molecule has 8 heteroatoms. The number of ether oxygens (including phenoxy) is 2. The van der Waals surface area contributed by atoms with Crippen molar-refractivity contribution in [2.24, 2.45) is 0 Å². The summed E-state index contributed by atoms with van der Waals surface area (Å²) in [7, 11) is 3.79. The van der Waals surface area contributed by atoms with Crippen LogP contribution in [0.25, 0.3) is 10.9 Å². The Labute approximate surface area is 203 Å². The molecule has 2 heterocycles. The van der Waals surface area contributed by atoms with Crippen LogP contribution in [0.5, 0.6) is 11.5 Å². The number of carbonyl (C=O) groups is 2. The fourth-order valence-corrected chi connectivity index (χ4v) is 4.48. The zero-order valence-electron chi connectivity index (χ0n) is 19.7. The predicted octanol–water partition coefficient (Wildman–Crippen LogP) is 3.86. The van der Waals surface area contributed by atoms with Crippen molar-refractivity contribution >= 4 is 28.3 Å². The lowest BCUT2D eigenvalue weighted by Crippen LogP contribution is -2.29. The number of ketones is 2. The highest BCUT2D eigenvalue weighted by Crippen LogP contribution is 2.37. The van der Waals surface area contributed by atoms with Gasteiger partial charge in [0, 0.05) is 17.5 Å². The normalized spacial score (nSPS) is 17.2. The van der Waals surface area contributed by atoms with E-state index < -0.39 is 5.78 Å². The van der Waals surface area contributed by atoms with Crippen LogP contribution in [0.15, 0.2) is 72.4 Å². The molecule has 8 nitrogen and oxygen atoms in total. The summed E-state index contributed by atoms with van der Waals surface area (Å²) in [5, 5.41) is 3.73. The van der Waals surface area contributed by atoms with Crippen LogP contribution in [0.1, 0.15) is 24.3 Å². The molecule has 0 atom stereocenters. The molecule has 1 aliphatic heterocycles. The first-order valence-corrected chi connectivity index (χ1v) is 11.5. The first-order chi connectivity index (χ1) is 17.0. The van der Waals surface area contributed by atoms with Gasteiger partial charge in [0.2, 0.25) is 11.6 Å². The minimum Gasteiger partial charge on any atom is -0.496 e. The van der Waals surface area contributed by atoms with Crippen LogP contribution < -0.4 is 14.8 Å². The van der Waals surface area contributed by atoms with Crippen LogP contribution in [0.3, 0.4) is 0 Å². The van der Waals surface area contributed by atoms with Gasteiger partial charge in [0.1, 0.15) is 23.6 Å². The van der Waals surface area contributed by atoms with Gasteiger partial charge in [0.25, 0.3) is 0 Å². The molecule has 3 aromatic rings. The molecular weight excluding hydrogens is 444 g/mol. The summed E-state index contributed by atoms with van der Waals surface area (Å²) >= 11 is 0. The number of methoxy groups -OCH3 is 1. The quantitative estimate of drug-likeness (QED) is 0.543. The molecule has 1 fully saturated rings. The van der Waals surface area contributed by atoms with Gasteiger partial charge in [-0.2, -0.15) is 0 Å². The second kappa shape index (κ2) is 9.68. The van der Waals surface area contributed by atoms with E-state index in [0.29, 0.717) is 22.9 Å². The zero-order chi connectivity index (χ0) is 24.4. The Morgan fingerprint density at radius 1 is 1.00 bits per heavy atom. The number of fused-ring (bicyclic) bond motifs is 1. The summed E-state index contributed by atoms with van der Waals surface area (Å²) in [5.74, 6) is 1.27. The van der Waals surface area contributed by atoms with Crippen molar-refractivity contribution < 1.29 is 19.1 Å². The molecule has 1 N–H and O–H groups in total.